The lowest BCUT2D eigenvalue weighted by Crippen LogP contribution is -2.02. The lowest BCUT2D eigenvalue weighted by Gasteiger charge is -1.90. The van der Waals surface area contributed by atoms with E-state index in [9.17, 15) is 8.42 Å². The molecule has 1 heterocycles. The number of aryl methyl sites for hydroxylation is 1. The Morgan fingerprint density at radius 1 is 1.37 bits per heavy atom. The highest BCUT2D eigenvalue weighted by molar-refractivity contribution is 7.85. The highest BCUT2D eigenvalue weighted by Gasteiger charge is 2.00. The number of pyridine rings is 1. The van der Waals surface area contributed by atoms with Gasteiger partial charge >= 0.3 is 0 Å². The van der Waals surface area contributed by atoms with Crippen molar-refractivity contribution < 1.29 is 23.3 Å². The number of hydrogen-bond donors (Lipinski definition) is 2. The molecule has 9 heteroatoms. The predicted octanol–water partition coefficient (Wildman–Crippen LogP) is 1.72. The maximum Gasteiger partial charge on any atom is 0.291 e. The van der Waals surface area contributed by atoms with E-state index in [1.165, 1.54) is 5.56 Å². The minimum Gasteiger partial charge on any atom is -0.328 e. The molecule has 0 atom stereocenters. The Morgan fingerprint density at radius 3 is 1.95 bits per heavy atom. The molecule has 0 aromatic carbocycles. The zero-order chi connectivity index (χ0) is 15.3. The van der Waals surface area contributed by atoms with Crippen molar-refractivity contribution in [2.24, 2.45) is 0 Å². The third-order valence-corrected chi connectivity index (χ3v) is 2.41. The van der Waals surface area contributed by atoms with Crippen LogP contribution in [0.15, 0.2) is 24.5 Å². The smallest absolute Gasteiger partial charge is 0.291 e. The maximum atomic E-state index is 9.95. The largest absolute Gasteiger partial charge is 0.328 e. The van der Waals surface area contributed by atoms with Gasteiger partial charge in [-0.05, 0) is 31.0 Å². The lowest BCUT2D eigenvalue weighted by molar-refractivity contribution is -0.742. The Balaban J connectivity index is 0. The van der Waals surface area contributed by atoms with E-state index < -0.39 is 15.2 Å². The molecule has 1 aromatic heterocycles. The summed E-state index contributed by atoms with van der Waals surface area (Å²) in [6, 6.07) is 3.94. The molecule has 0 aliphatic rings. The van der Waals surface area contributed by atoms with E-state index in [2.05, 4.69) is 4.98 Å². The van der Waals surface area contributed by atoms with E-state index in [1.807, 2.05) is 26.0 Å². The van der Waals surface area contributed by atoms with Gasteiger partial charge in [-0.15, -0.1) is 10.1 Å². The molecule has 0 saturated carbocycles. The van der Waals surface area contributed by atoms with Crippen molar-refractivity contribution in [1.82, 2.24) is 4.98 Å². The van der Waals surface area contributed by atoms with Crippen LogP contribution in [0.25, 0.3) is 0 Å². The van der Waals surface area contributed by atoms with Crippen molar-refractivity contribution in [2.75, 3.05) is 5.75 Å². The first kappa shape index (κ1) is 19.6. The second-order valence-electron chi connectivity index (χ2n) is 3.40. The van der Waals surface area contributed by atoms with Gasteiger partial charge in [0.05, 0.1) is 5.75 Å². The lowest BCUT2D eigenvalue weighted by atomic mass is 10.3. The van der Waals surface area contributed by atoms with Crippen LogP contribution in [-0.2, 0) is 10.1 Å². The number of rotatable bonds is 3. The number of unbranched alkanes of at least 4 members (excludes halogenated alkanes) is 1. The van der Waals surface area contributed by atoms with E-state index in [0.717, 1.165) is 6.42 Å². The molecule has 1 rings (SSSR count). The Morgan fingerprint density at radius 2 is 1.79 bits per heavy atom. The molecule has 0 radical (unpaired) electrons. The Hall–Kier alpha value is -1.74. The summed E-state index contributed by atoms with van der Waals surface area (Å²) in [6.07, 6.45) is 4.91. The molecule has 0 aliphatic carbocycles. The number of aromatic nitrogens is 1. The molecule has 0 bridgehead atoms. The molecule has 0 amide bonds. The van der Waals surface area contributed by atoms with E-state index in [1.54, 1.807) is 12.4 Å². The molecular weight excluding hydrogens is 276 g/mol. The Kier molecular flexibility index (Phi) is 11.7. The molecule has 8 nitrogen and oxygen atoms in total. The summed E-state index contributed by atoms with van der Waals surface area (Å²) >= 11 is 0. The second kappa shape index (κ2) is 11.4. The van der Waals surface area contributed by atoms with Gasteiger partial charge in [-0.1, -0.05) is 13.3 Å². The van der Waals surface area contributed by atoms with Gasteiger partial charge in [-0.2, -0.15) is 8.42 Å². The van der Waals surface area contributed by atoms with Crippen molar-refractivity contribution in [2.45, 2.75) is 26.7 Å². The SMILES string of the molecule is CCCCS(=O)(=O)O.Cc1ccncc1.O=[N+]([O-])O. The fraction of sp³-hybridized carbons (Fsp3) is 0.500. The fourth-order valence-corrected chi connectivity index (χ4v) is 1.41. The normalized spacial score (nSPS) is 9.42. The average Bonchev–Trinajstić information content (AvgIpc) is 2.26. The van der Waals surface area contributed by atoms with E-state index in [-0.39, 0.29) is 5.75 Å². The van der Waals surface area contributed by atoms with Gasteiger partial charge in [-0.25, -0.2) is 0 Å². The molecule has 0 spiro atoms. The fourth-order valence-electron chi connectivity index (χ4n) is 0.753. The Labute approximate surface area is 112 Å². The summed E-state index contributed by atoms with van der Waals surface area (Å²) in [4.78, 5) is 12.2. The zero-order valence-corrected chi connectivity index (χ0v) is 11.6. The minimum absolute atomic E-state index is 0.108. The number of hydrogen-bond acceptors (Lipinski definition) is 5. The monoisotopic (exact) mass is 294 g/mol. The summed E-state index contributed by atoms with van der Waals surface area (Å²) in [5, 5.41) is 13.6. The van der Waals surface area contributed by atoms with Gasteiger partial charge in [-0.3, -0.25) is 9.54 Å². The maximum absolute atomic E-state index is 9.95. The van der Waals surface area contributed by atoms with E-state index in [0.29, 0.717) is 6.42 Å². The standard InChI is InChI=1S/C6H7N.C4H10O3S.HNO3/c1-6-2-4-7-5-3-6;1-2-3-4-8(5,6)7;2-1(3)4/h2-5H,1H3;2-4H2,1H3,(H,5,6,7);(H,2,3,4). The van der Waals surface area contributed by atoms with Crippen molar-refractivity contribution in [3.05, 3.63) is 40.2 Å². The van der Waals surface area contributed by atoms with Crippen LogP contribution in [0.4, 0.5) is 0 Å². The quantitative estimate of drug-likeness (QED) is 0.493. The highest BCUT2D eigenvalue weighted by atomic mass is 32.2. The Bertz CT molecular complexity index is 431. The third kappa shape index (κ3) is 26.1. The van der Waals surface area contributed by atoms with Gasteiger partial charge in [0.25, 0.3) is 15.2 Å². The summed E-state index contributed by atoms with van der Waals surface area (Å²) < 4.78 is 28.0. The molecular formula is C10H18N2O6S. The second-order valence-corrected chi connectivity index (χ2v) is 4.97. The van der Waals surface area contributed by atoms with Gasteiger partial charge in [0, 0.05) is 12.4 Å². The minimum atomic E-state index is -3.69. The average molecular weight is 294 g/mol. The van der Waals surface area contributed by atoms with Crippen molar-refractivity contribution in [1.29, 1.82) is 0 Å². The summed E-state index contributed by atoms with van der Waals surface area (Å²) in [7, 11) is -3.69. The van der Waals surface area contributed by atoms with Crippen molar-refractivity contribution >= 4 is 10.1 Å². The van der Waals surface area contributed by atoms with Gasteiger partial charge in [0.15, 0.2) is 0 Å². The molecule has 110 valence electrons. The van der Waals surface area contributed by atoms with Crippen LogP contribution in [0.5, 0.6) is 0 Å². The summed E-state index contributed by atoms with van der Waals surface area (Å²) in [5.74, 6) is -0.108. The first-order chi connectivity index (χ1) is 8.69. The summed E-state index contributed by atoms with van der Waals surface area (Å²) in [5.41, 5.74) is 1.26. The first-order valence-electron chi connectivity index (χ1n) is 5.34. The molecule has 0 aliphatic heterocycles. The molecule has 0 saturated heterocycles. The van der Waals surface area contributed by atoms with Crippen LogP contribution in [0.3, 0.4) is 0 Å². The molecule has 0 fully saturated rings. The predicted molar refractivity (Wildman–Crippen MR) is 69.1 cm³/mol. The van der Waals surface area contributed by atoms with E-state index in [4.69, 9.17) is 19.9 Å². The van der Waals surface area contributed by atoms with Crippen LogP contribution in [0.2, 0.25) is 0 Å². The first-order valence-corrected chi connectivity index (χ1v) is 6.95. The molecule has 0 unspecified atom stereocenters. The van der Waals surface area contributed by atoms with Gasteiger partial charge in [0.2, 0.25) is 0 Å². The molecule has 2 N–H and O–H groups in total. The topological polar surface area (TPSA) is 131 Å². The highest BCUT2D eigenvalue weighted by Crippen LogP contribution is 1.90. The molecule has 19 heavy (non-hydrogen) atoms. The van der Waals surface area contributed by atoms with Crippen LogP contribution in [0.1, 0.15) is 25.3 Å². The van der Waals surface area contributed by atoms with Crippen molar-refractivity contribution in [3.63, 3.8) is 0 Å². The van der Waals surface area contributed by atoms with Gasteiger partial charge in [0.1, 0.15) is 0 Å². The van der Waals surface area contributed by atoms with Crippen LogP contribution < -0.4 is 0 Å². The molecule has 1 aromatic rings. The third-order valence-electron chi connectivity index (χ3n) is 1.60. The van der Waals surface area contributed by atoms with Crippen LogP contribution >= 0.6 is 0 Å². The summed E-state index contributed by atoms with van der Waals surface area (Å²) in [6.45, 7) is 3.91. The van der Waals surface area contributed by atoms with E-state index >= 15 is 0 Å². The van der Waals surface area contributed by atoms with Gasteiger partial charge < -0.3 is 5.21 Å². The van der Waals surface area contributed by atoms with Crippen LogP contribution in [0, 0.1) is 17.0 Å². The van der Waals surface area contributed by atoms with Crippen LogP contribution in [-0.4, -0.2) is 34.0 Å². The zero-order valence-electron chi connectivity index (χ0n) is 10.8. The number of nitrogens with zero attached hydrogens (tertiary/aromatic N) is 2. The van der Waals surface area contributed by atoms with Crippen molar-refractivity contribution in [3.8, 4) is 0 Å².